The van der Waals surface area contributed by atoms with Crippen LogP contribution in [0.15, 0.2) is 42.5 Å². The summed E-state index contributed by atoms with van der Waals surface area (Å²) >= 11 is 0. The lowest BCUT2D eigenvalue weighted by Crippen LogP contribution is -2.32. The Morgan fingerprint density at radius 2 is 1.89 bits per heavy atom. The maximum Gasteiger partial charge on any atom is 0.231 e. The second-order valence-electron chi connectivity index (χ2n) is 6.51. The molecule has 0 spiro atoms. The van der Waals surface area contributed by atoms with Crippen molar-refractivity contribution in [2.75, 3.05) is 37.5 Å². The zero-order valence-electron chi connectivity index (χ0n) is 15.6. The van der Waals surface area contributed by atoms with Gasteiger partial charge in [-0.2, -0.15) is 0 Å². The van der Waals surface area contributed by atoms with E-state index in [-0.39, 0.29) is 13.4 Å². The number of hydrogen-bond donors (Lipinski definition) is 3. The van der Waals surface area contributed by atoms with Crippen molar-refractivity contribution in [2.24, 2.45) is 0 Å². The van der Waals surface area contributed by atoms with Crippen molar-refractivity contribution in [3.05, 3.63) is 48.0 Å². The number of ether oxygens (including phenoxy) is 3. The van der Waals surface area contributed by atoms with E-state index >= 15 is 0 Å². The molecule has 0 aromatic heterocycles. The molecule has 0 saturated heterocycles. The van der Waals surface area contributed by atoms with Crippen LogP contribution in [0.5, 0.6) is 17.2 Å². The molecule has 0 bridgehead atoms. The van der Waals surface area contributed by atoms with E-state index in [1.807, 2.05) is 18.2 Å². The fourth-order valence-electron chi connectivity index (χ4n) is 2.68. The van der Waals surface area contributed by atoms with E-state index in [0.29, 0.717) is 24.5 Å². The Morgan fingerprint density at radius 1 is 1.14 bits per heavy atom. The first-order chi connectivity index (χ1) is 13.4. The lowest BCUT2D eigenvalue weighted by atomic mass is 10.1. The lowest BCUT2D eigenvalue weighted by Gasteiger charge is -2.14. The molecule has 2 aromatic rings. The third-order valence-electron chi connectivity index (χ3n) is 4.01. The van der Waals surface area contributed by atoms with Crippen molar-refractivity contribution in [1.29, 1.82) is 0 Å². The standard InChI is InChI=1S/C19H24N2O6S/c1-28(23,24)21-15-3-5-17(6-4-15)25-12-16(22)11-20-9-8-14-2-7-18-19(10-14)27-13-26-18/h2-7,10,16,20-22H,8-9,11-13H2,1H3/t16-/m0/s1. The Labute approximate surface area is 164 Å². The largest absolute Gasteiger partial charge is 0.491 e. The molecule has 28 heavy (non-hydrogen) atoms. The van der Waals surface area contributed by atoms with E-state index in [1.54, 1.807) is 24.3 Å². The molecular formula is C19H24N2O6S. The first-order valence-corrected chi connectivity index (χ1v) is 10.8. The highest BCUT2D eigenvalue weighted by atomic mass is 32.2. The SMILES string of the molecule is CS(=O)(=O)Nc1ccc(OC[C@@H](O)CNCCc2ccc3c(c2)OCO3)cc1. The number of hydrogen-bond acceptors (Lipinski definition) is 7. The van der Waals surface area contributed by atoms with Gasteiger partial charge in [-0.05, 0) is 54.9 Å². The van der Waals surface area contributed by atoms with Crippen molar-refractivity contribution in [3.8, 4) is 17.2 Å². The van der Waals surface area contributed by atoms with Crippen LogP contribution in [0.3, 0.4) is 0 Å². The van der Waals surface area contributed by atoms with E-state index in [0.717, 1.165) is 29.7 Å². The number of rotatable bonds is 10. The molecule has 152 valence electrons. The van der Waals surface area contributed by atoms with Gasteiger partial charge in [-0.25, -0.2) is 8.42 Å². The highest BCUT2D eigenvalue weighted by molar-refractivity contribution is 7.92. The molecule has 2 aromatic carbocycles. The Hall–Kier alpha value is -2.49. The number of aliphatic hydroxyl groups excluding tert-OH is 1. The van der Waals surface area contributed by atoms with E-state index in [9.17, 15) is 13.5 Å². The number of nitrogens with one attached hydrogen (secondary N) is 2. The van der Waals surface area contributed by atoms with Gasteiger partial charge in [0.05, 0.1) is 6.26 Å². The van der Waals surface area contributed by atoms with E-state index in [2.05, 4.69) is 10.0 Å². The van der Waals surface area contributed by atoms with Gasteiger partial charge >= 0.3 is 0 Å². The first kappa shape index (κ1) is 20.2. The van der Waals surface area contributed by atoms with Gasteiger partial charge in [0.25, 0.3) is 0 Å². The van der Waals surface area contributed by atoms with Gasteiger partial charge < -0.3 is 24.6 Å². The summed E-state index contributed by atoms with van der Waals surface area (Å²) in [5.41, 5.74) is 1.59. The van der Waals surface area contributed by atoms with Gasteiger partial charge in [0.2, 0.25) is 16.8 Å². The van der Waals surface area contributed by atoms with Gasteiger partial charge in [-0.1, -0.05) is 6.07 Å². The van der Waals surface area contributed by atoms with Gasteiger partial charge in [0.15, 0.2) is 11.5 Å². The molecule has 1 aliphatic heterocycles. The number of fused-ring (bicyclic) bond motifs is 1. The molecular weight excluding hydrogens is 384 g/mol. The van der Waals surface area contributed by atoms with Crippen molar-refractivity contribution < 1.29 is 27.7 Å². The Bertz CT molecular complexity index is 886. The lowest BCUT2D eigenvalue weighted by molar-refractivity contribution is 0.106. The van der Waals surface area contributed by atoms with E-state index < -0.39 is 16.1 Å². The van der Waals surface area contributed by atoms with Crippen LogP contribution < -0.4 is 24.2 Å². The number of sulfonamides is 1. The minimum Gasteiger partial charge on any atom is -0.491 e. The molecule has 1 heterocycles. The van der Waals surface area contributed by atoms with Gasteiger partial charge in [0, 0.05) is 12.2 Å². The smallest absolute Gasteiger partial charge is 0.231 e. The van der Waals surface area contributed by atoms with Crippen molar-refractivity contribution in [1.82, 2.24) is 5.32 Å². The van der Waals surface area contributed by atoms with Crippen molar-refractivity contribution in [3.63, 3.8) is 0 Å². The first-order valence-electron chi connectivity index (χ1n) is 8.87. The van der Waals surface area contributed by atoms with Crippen LogP contribution in [-0.2, 0) is 16.4 Å². The Kier molecular flexibility index (Phi) is 6.61. The normalized spacial score (nSPS) is 13.9. The molecule has 0 unspecified atom stereocenters. The molecule has 0 fully saturated rings. The zero-order valence-corrected chi connectivity index (χ0v) is 16.4. The van der Waals surface area contributed by atoms with Crippen LogP contribution in [0, 0.1) is 0 Å². The van der Waals surface area contributed by atoms with Crippen LogP contribution in [-0.4, -0.2) is 52.4 Å². The fourth-order valence-corrected chi connectivity index (χ4v) is 3.25. The summed E-state index contributed by atoms with van der Waals surface area (Å²) in [5.74, 6) is 2.09. The summed E-state index contributed by atoms with van der Waals surface area (Å²) in [5, 5.41) is 13.2. The third-order valence-corrected chi connectivity index (χ3v) is 4.61. The summed E-state index contributed by atoms with van der Waals surface area (Å²) in [6.07, 6.45) is 1.23. The monoisotopic (exact) mass is 408 g/mol. The van der Waals surface area contributed by atoms with Crippen molar-refractivity contribution >= 4 is 15.7 Å². The molecule has 0 saturated carbocycles. The average molecular weight is 408 g/mol. The quantitative estimate of drug-likeness (QED) is 0.510. The summed E-state index contributed by atoms with van der Waals surface area (Å²) in [4.78, 5) is 0. The van der Waals surface area contributed by atoms with Gasteiger partial charge in [-0.15, -0.1) is 0 Å². The molecule has 3 rings (SSSR count). The molecule has 3 N–H and O–H groups in total. The van der Waals surface area contributed by atoms with E-state index in [1.165, 1.54) is 0 Å². The second-order valence-corrected chi connectivity index (χ2v) is 8.25. The van der Waals surface area contributed by atoms with Gasteiger partial charge in [-0.3, -0.25) is 4.72 Å². The predicted octanol–water partition coefficient (Wildman–Crippen LogP) is 1.36. The fraction of sp³-hybridized carbons (Fsp3) is 0.368. The van der Waals surface area contributed by atoms with E-state index in [4.69, 9.17) is 14.2 Å². The molecule has 0 radical (unpaired) electrons. The minimum atomic E-state index is -3.30. The topological polar surface area (TPSA) is 106 Å². The van der Waals surface area contributed by atoms with Crippen LogP contribution in [0.25, 0.3) is 0 Å². The van der Waals surface area contributed by atoms with Crippen molar-refractivity contribution in [2.45, 2.75) is 12.5 Å². The molecule has 0 aliphatic carbocycles. The third kappa shape index (κ3) is 6.29. The number of aliphatic hydroxyl groups is 1. The highest BCUT2D eigenvalue weighted by Gasteiger charge is 2.13. The summed E-state index contributed by atoms with van der Waals surface area (Å²) < 4.78 is 40.9. The summed E-state index contributed by atoms with van der Waals surface area (Å²) in [7, 11) is -3.30. The molecule has 8 nitrogen and oxygen atoms in total. The molecule has 1 atom stereocenters. The average Bonchev–Trinajstić information content (AvgIpc) is 3.11. The zero-order chi connectivity index (χ0) is 20.0. The maximum absolute atomic E-state index is 11.2. The van der Waals surface area contributed by atoms with Crippen LogP contribution >= 0.6 is 0 Å². The Morgan fingerprint density at radius 3 is 2.64 bits per heavy atom. The molecule has 1 aliphatic rings. The number of benzene rings is 2. The molecule has 0 amide bonds. The summed E-state index contributed by atoms with van der Waals surface area (Å²) in [6.45, 7) is 1.51. The van der Waals surface area contributed by atoms with Gasteiger partial charge in [0.1, 0.15) is 18.5 Å². The summed E-state index contributed by atoms with van der Waals surface area (Å²) in [6, 6.07) is 12.4. The highest BCUT2D eigenvalue weighted by Crippen LogP contribution is 2.32. The second kappa shape index (κ2) is 9.13. The minimum absolute atomic E-state index is 0.135. The number of anilines is 1. The van der Waals surface area contributed by atoms with Crippen LogP contribution in [0.1, 0.15) is 5.56 Å². The molecule has 9 heteroatoms. The Balaban J connectivity index is 1.34. The maximum atomic E-state index is 11.2. The van der Waals surface area contributed by atoms with Crippen LogP contribution in [0.4, 0.5) is 5.69 Å². The van der Waals surface area contributed by atoms with Crippen LogP contribution in [0.2, 0.25) is 0 Å². The predicted molar refractivity (Wildman–Crippen MR) is 106 cm³/mol.